The first-order valence-corrected chi connectivity index (χ1v) is 22.2. The molecule has 0 atom stereocenters. The predicted octanol–water partition coefficient (Wildman–Crippen LogP) is 16.3. The molecule has 1 nitrogen and oxygen atoms in total. The molecule has 0 saturated heterocycles. The molecule has 10 aromatic rings. The van der Waals surface area contributed by atoms with Crippen LogP contribution in [0.5, 0.6) is 0 Å². The van der Waals surface area contributed by atoms with Gasteiger partial charge in [0.1, 0.15) is 0 Å². The van der Waals surface area contributed by atoms with E-state index in [0.717, 1.165) is 11.4 Å². The summed E-state index contributed by atoms with van der Waals surface area (Å²) < 4.78 is 0. The molecule has 0 aliphatic heterocycles. The molecule has 0 heterocycles. The zero-order valence-electron chi connectivity index (χ0n) is 35.3. The summed E-state index contributed by atoms with van der Waals surface area (Å²) in [4.78, 5) is 2.56. The lowest BCUT2D eigenvalue weighted by Crippen LogP contribution is -2.26. The summed E-state index contributed by atoms with van der Waals surface area (Å²) in [6.07, 6.45) is 0. The van der Waals surface area contributed by atoms with E-state index >= 15 is 0 Å². The minimum Gasteiger partial charge on any atom is -0.310 e. The third kappa shape index (κ3) is 4.99. The van der Waals surface area contributed by atoms with Crippen LogP contribution in [0, 0.1) is 0 Å². The van der Waals surface area contributed by atoms with Crippen molar-refractivity contribution in [2.45, 2.75) is 24.7 Å². The monoisotopic (exact) mass is 801 g/mol. The van der Waals surface area contributed by atoms with Crippen LogP contribution in [0.4, 0.5) is 17.1 Å². The van der Waals surface area contributed by atoms with Gasteiger partial charge in [0.2, 0.25) is 0 Å². The third-order valence-electron chi connectivity index (χ3n) is 14.4. The van der Waals surface area contributed by atoms with E-state index in [2.05, 4.69) is 243 Å². The van der Waals surface area contributed by atoms with Crippen molar-refractivity contribution in [2.75, 3.05) is 4.90 Å². The predicted molar refractivity (Wildman–Crippen MR) is 263 cm³/mol. The van der Waals surface area contributed by atoms with E-state index in [9.17, 15) is 0 Å². The lowest BCUT2D eigenvalue weighted by molar-refractivity contribution is 0.666. The molecule has 0 amide bonds. The fourth-order valence-electron chi connectivity index (χ4n) is 11.8. The molecule has 296 valence electrons. The lowest BCUT2D eigenvalue weighted by atomic mass is 9.70. The maximum Gasteiger partial charge on any atom is 0.0726 e. The molecule has 13 rings (SSSR count). The zero-order valence-corrected chi connectivity index (χ0v) is 35.3. The van der Waals surface area contributed by atoms with E-state index in [-0.39, 0.29) is 5.41 Å². The van der Waals surface area contributed by atoms with Gasteiger partial charge in [-0.25, -0.2) is 0 Å². The highest BCUT2D eigenvalue weighted by atomic mass is 15.1. The first kappa shape index (κ1) is 36.0. The van der Waals surface area contributed by atoms with Gasteiger partial charge in [-0.2, -0.15) is 0 Å². The van der Waals surface area contributed by atoms with Crippen molar-refractivity contribution in [3.8, 4) is 55.6 Å². The van der Waals surface area contributed by atoms with Gasteiger partial charge in [-0.15, -0.1) is 0 Å². The summed E-state index contributed by atoms with van der Waals surface area (Å²) >= 11 is 0. The van der Waals surface area contributed by atoms with Gasteiger partial charge in [0.25, 0.3) is 0 Å². The fraction of sp³-hybridized carbons (Fsp3) is 0.0645. The van der Waals surface area contributed by atoms with Crippen LogP contribution < -0.4 is 4.90 Å². The van der Waals surface area contributed by atoms with Gasteiger partial charge in [0.15, 0.2) is 0 Å². The van der Waals surface area contributed by atoms with Crippen LogP contribution in [-0.2, 0) is 10.8 Å². The average Bonchev–Trinajstić information content (AvgIpc) is 3.91. The van der Waals surface area contributed by atoms with Crippen molar-refractivity contribution in [3.63, 3.8) is 0 Å². The number of anilines is 3. The molecule has 63 heavy (non-hydrogen) atoms. The molecule has 1 heteroatoms. The van der Waals surface area contributed by atoms with Gasteiger partial charge < -0.3 is 4.90 Å². The summed E-state index contributed by atoms with van der Waals surface area (Å²) in [7, 11) is 0. The maximum atomic E-state index is 2.56. The minimum absolute atomic E-state index is 0.237. The normalized spacial score (nSPS) is 14.1. The van der Waals surface area contributed by atoms with Gasteiger partial charge in [-0.3, -0.25) is 0 Å². The molecule has 0 aromatic heterocycles. The number of fused-ring (bicyclic) bond motifs is 15. The molecule has 0 N–H and O–H groups in total. The SMILES string of the molecule is CC1(C)c2ccc(-c3ccccc3)cc2-c2c(N(c3ccc(-c4ccccc4)cc3)c3ccc4c(c3)C3(c5ccccc5-c5ccccc53)c3ccccc3-4)cc3ccccc3c21. The number of nitrogens with zero attached hydrogens (tertiary/aromatic N) is 1. The van der Waals surface area contributed by atoms with Crippen LogP contribution in [-0.4, -0.2) is 0 Å². The van der Waals surface area contributed by atoms with Gasteiger partial charge >= 0.3 is 0 Å². The number of hydrogen-bond donors (Lipinski definition) is 0. The Morgan fingerprint density at radius 3 is 1.46 bits per heavy atom. The van der Waals surface area contributed by atoms with Crippen molar-refractivity contribution in [1.29, 1.82) is 0 Å². The topological polar surface area (TPSA) is 3.24 Å². The molecule has 3 aliphatic rings. The molecule has 0 saturated carbocycles. The van der Waals surface area contributed by atoms with E-state index in [0.29, 0.717) is 0 Å². The second-order valence-corrected chi connectivity index (χ2v) is 18.0. The fourth-order valence-corrected chi connectivity index (χ4v) is 11.8. The van der Waals surface area contributed by atoms with Crippen molar-refractivity contribution in [1.82, 2.24) is 0 Å². The molecule has 0 bridgehead atoms. The molecule has 0 unspecified atom stereocenters. The Morgan fingerprint density at radius 2 is 0.825 bits per heavy atom. The van der Waals surface area contributed by atoms with Crippen LogP contribution in [0.25, 0.3) is 66.4 Å². The van der Waals surface area contributed by atoms with Crippen molar-refractivity contribution >= 4 is 27.8 Å². The van der Waals surface area contributed by atoms with Crippen LogP contribution in [0.2, 0.25) is 0 Å². The Hall–Kier alpha value is -7.74. The van der Waals surface area contributed by atoms with E-state index in [1.807, 2.05) is 0 Å². The molecule has 10 aromatic carbocycles. The standard InChI is InChI=1S/C62H43N/c1-61(2)53-36-31-43(41-19-7-4-8-20-41)37-52(53)59-58(38-44-21-9-10-22-47(44)60(59)61)63(45-32-29-42(30-33-45)40-17-5-3-6-18-40)46-34-35-51-50-25-13-16-28-56(50)62(57(51)39-46)54-26-14-11-23-48(54)49-24-12-15-27-55(49)62/h3-39H,1-2H3. The summed E-state index contributed by atoms with van der Waals surface area (Å²) in [5.74, 6) is 0. The highest BCUT2D eigenvalue weighted by Crippen LogP contribution is 2.64. The molecular weight excluding hydrogens is 759 g/mol. The molecule has 1 spiro atoms. The summed E-state index contributed by atoms with van der Waals surface area (Å²) in [6, 6.07) is 84.0. The highest BCUT2D eigenvalue weighted by molar-refractivity contribution is 6.07. The second kappa shape index (κ2) is 13.4. The second-order valence-electron chi connectivity index (χ2n) is 18.0. The number of benzene rings is 10. The van der Waals surface area contributed by atoms with Crippen LogP contribution in [0.3, 0.4) is 0 Å². The lowest BCUT2D eigenvalue weighted by Gasteiger charge is -2.33. The van der Waals surface area contributed by atoms with Crippen molar-refractivity contribution in [2.24, 2.45) is 0 Å². The zero-order chi connectivity index (χ0) is 41.9. The van der Waals surface area contributed by atoms with E-state index < -0.39 is 5.41 Å². The Bertz CT molecular complexity index is 3400. The largest absolute Gasteiger partial charge is 0.310 e. The Morgan fingerprint density at radius 1 is 0.333 bits per heavy atom. The van der Waals surface area contributed by atoms with Gasteiger partial charge in [0, 0.05) is 22.4 Å². The average molecular weight is 802 g/mol. The minimum atomic E-state index is -0.456. The Labute approximate surface area is 369 Å². The molecule has 0 fully saturated rings. The maximum absolute atomic E-state index is 2.56. The third-order valence-corrected chi connectivity index (χ3v) is 14.4. The molecular formula is C62H43N. The smallest absolute Gasteiger partial charge is 0.0726 e. The quantitative estimate of drug-likeness (QED) is 0.168. The molecule has 0 radical (unpaired) electrons. The van der Waals surface area contributed by atoms with Gasteiger partial charge in [-0.1, -0.05) is 202 Å². The van der Waals surface area contributed by atoms with Crippen LogP contribution >= 0.6 is 0 Å². The first-order chi connectivity index (χ1) is 31.0. The van der Waals surface area contributed by atoms with Crippen molar-refractivity contribution in [3.05, 3.63) is 258 Å². The van der Waals surface area contributed by atoms with Crippen LogP contribution in [0.1, 0.15) is 47.2 Å². The summed E-state index contributed by atoms with van der Waals surface area (Å²) in [5.41, 5.74) is 23.6. The van der Waals surface area contributed by atoms with E-state index in [4.69, 9.17) is 0 Å². The van der Waals surface area contributed by atoms with Gasteiger partial charge in [-0.05, 0) is 131 Å². The highest BCUT2D eigenvalue weighted by Gasteiger charge is 2.52. The van der Waals surface area contributed by atoms with E-state index in [1.165, 1.54) is 105 Å². The summed E-state index contributed by atoms with van der Waals surface area (Å²) in [6.45, 7) is 4.83. The Balaban J connectivity index is 1.12. The van der Waals surface area contributed by atoms with Gasteiger partial charge in [0.05, 0.1) is 11.1 Å². The van der Waals surface area contributed by atoms with Crippen LogP contribution in [0.15, 0.2) is 224 Å². The first-order valence-electron chi connectivity index (χ1n) is 22.2. The van der Waals surface area contributed by atoms with Crippen molar-refractivity contribution < 1.29 is 0 Å². The molecule has 3 aliphatic carbocycles. The summed E-state index contributed by atoms with van der Waals surface area (Å²) in [5, 5.41) is 2.55. The van der Waals surface area contributed by atoms with E-state index in [1.54, 1.807) is 0 Å². The Kier molecular flexibility index (Phi) is 7.64. The number of hydrogen-bond acceptors (Lipinski definition) is 1. The number of rotatable bonds is 5.